The monoisotopic (exact) mass is 272 g/mol. The van der Waals surface area contributed by atoms with Gasteiger partial charge in [0.25, 0.3) is 5.69 Å². The number of aryl methyl sites for hydroxylation is 2. The molecule has 6 heteroatoms. The number of benzene rings is 1. The van der Waals surface area contributed by atoms with E-state index >= 15 is 0 Å². The predicted octanol–water partition coefficient (Wildman–Crippen LogP) is 2.08. The zero-order valence-corrected chi connectivity index (χ0v) is 10.8. The summed E-state index contributed by atoms with van der Waals surface area (Å²) in [6.45, 7) is 0. The molecule has 0 aliphatic carbocycles. The summed E-state index contributed by atoms with van der Waals surface area (Å²) >= 11 is 0. The minimum absolute atomic E-state index is 0.0388. The molecular formula is C14H12N2O4. The highest BCUT2D eigenvalue weighted by molar-refractivity contribution is 5.96. The Balaban J connectivity index is 2.72. The summed E-state index contributed by atoms with van der Waals surface area (Å²) in [7, 11) is 1.68. The Morgan fingerprint density at radius 3 is 2.80 bits per heavy atom. The molecule has 0 amide bonds. The number of aliphatic carboxylic acids is 1. The summed E-state index contributed by atoms with van der Waals surface area (Å²) in [6.07, 6.45) is 7.36. The van der Waals surface area contributed by atoms with Crippen LogP contribution in [0.25, 0.3) is 10.9 Å². The van der Waals surface area contributed by atoms with Crippen LogP contribution in [0.4, 0.5) is 5.69 Å². The Hall–Kier alpha value is -2.81. The average Bonchev–Trinajstić information content (AvgIpc) is 2.73. The number of nitro groups is 1. The van der Waals surface area contributed by atoms with Crippen LogP contribution >= 0.6 is 0 Å². The maximum Gasteiger partial charge on any atom is 0.303 e. The lowest BCUT2D eigenvalue weighted by Gasteiger charge is -2.02. The summed E-state index contributed by atoms with van der Waals surface area (Å²) in [5.74, 6) is 1.57. The lowest BCUT2D eigenvalue weighted by atomic mass is 10.0. The molecule has 0 saturated carbocycles. The second kappa shape index (κ2) is 5.05. The highest BCUT2D eigenvalue weighted by Gasteiger charge is 2.20. The van der Waals surface area contributed by atoms with Gasteiger partial charge in [0.1, 0.15) is 5.52 Å². The van der Waals surface area contributed by atoms with Gasteiger partial charge >= 0.3 is 5.97 Å². The number of nitrogens with zero attached hydrogens (tertiary/aromatic N) is 2. The van der Waals surface area contributed by atoms with Crippen LogP contribution < -0.4 is 0 Å². The normalized spacial score (nSPS) is 10.4. The Morgan fingerprint density at radius 2 is 2.25 bits per heavy atom. The molecule has 0 saturated heterocycles. The summed E-state index contributed by atoms with van der Waals surface area (Å²) in [5, 5.41) is 20.4. The number of rotatable bonds is 4. The van der Waals surface area contributed by atoms with Gasteiger partial charge in [0, 0.05) is 36.7 Å². The minimum Gasteiger partial charge on any atom is -0.481 e. The van der Waals surface area contributed by atoms with Crippen molar-refractivity contribution in [1.29, 1.82) is 0 Å². The lowest BCUT2D eigenvalue weighted by molar-refractivity contribution is -0.383. The van der Waals surface area contributed by atoms with Gasteiger partial charge in [-0.15, -0.1) is 6.42 Å². The van der Waals surface area contributed by atoms with Gasteiger partial charge in [0.05, 0.1) is 4.92 Å². The van der Waals surface area contributed by atoms with E-state index in [0.717, 1.165) is 0 Å². The van der Waals surface area contributed by atoms with Crippen molar-refractivity contribution < 1.29 is 14.8 Å². The van der Waals surface area contributed by atoms with E-state index in [4.69, 9.17) is 11.5 Å². The van der Waals surface area contributed by atoms with Crippen molar-refractivity contribution in [3.05, 3.63) is 39.6 Å². The second-order valence-corrected chi connectivity index (χ2v) is 4.42. The van der Waals surface area contributed by atoms with Gasteiger partial charge in [-0.05, 0) is 18.1 Å². The van der Waals surface area contributed by atoms with Crippen molar-refractivity contribution in [2.24, 2.45) is 7.05 Å². The first-order valence-electron chi connectivity index (χ1n) is 5.89. The fourth-order valence-electron chi connectivity index (χ4n) is 2.32. The molecule has 0 spiro atoms. The number of carboxylic acids is 1. The third-order valence-corrected chi connectivity index (χ3v) is 3.14. The van der Waals surface area contributed by atoms with E-state index < -0.39 is 10.9 Å². The third kappa shape index (κ3) is 2.21. The number of aromatic nitrogens is 1. The molecule has 0 fully saturated rings. The molecule has 0 radical (unpaired) electrons. The molecule has 1 N–H and O–H groups in total. The van der Waals surface area contributed by atoms with Crippen molar-refractivity contribution in [2.75, 3.05) is 0 Å². The van der Waals surface area contributed by atoms with Gasteiger partial charge in [-0.2, -0.15) is 0 Å². The maximum absolute atomic E-state index is 11.1. The topological polar surface area (TPSA) is 85.4 Å². The van der Waals surface area contributed by atoms with Crippen molar-refractivity contribution >= 4 is 22.6 Å². The molecule has 6 nitrogen and oxygen atoms in total. The fraction of sp³-hybridized carbons (Fsp3) is 0.214. The van der Waals surface area contributed by atoms with Crippen molar-refractivity contribution in [3.63, 3.8) is 0 Å². The zero-order chi connectivity index (χ0) is 14.9. The molecule has 0 atom stereocenters. The summed E-state index contributed by atoms with van der Waals surface area (Å²) in [5.41, 5.74) is 1.63. The maximum atomic E-state index is 11.1. The van der Waals surface area contributed by atoms with Crippen LogP contribution in [0.1, 0.15) is 17.5 Å². The van der Waals surface area contributed by atoms with Crippen LogP contribution in [-0.4, -0.2) is 20.6 Å². The molecule has 0 unspecified atom stereocenters. The van der Waals surface area contributed by atoms with Crippen LogP contribution in [0, 0.1) is 22.5 Å². The van der Waals surface area contributed by atoms with E-state index in [0.29, 0.717) is 22.0 Å². The van der Waals surface area contributed by atoms with Crippen molar-refractivity contribution in [3.8, 4) is 12.3 Å². The SMILES string of the molecule is C#Cc1ccc([N+](=O)[O-])c2c1c(CCC(=O)O)cn2C. The van der Waals surface area contributed by atoms with Crippen LogP contribution in [0.15, 0.2) is 18.3 Å². The van der Waals surface area contributed by atoms with E-state index in [2.05, 4.69) is 5.92 Å². The van der Waals surface area contributed by atoms with E-state index in [9.17, 15) is 14.9 Å². The molecule has 1 heterocycles. The van der Waals surface area contributed by atoms with Gasteiger partial charge in [0.2, 0.25) is 0 Å². The quantitative estimate of drug-likeness (QED) is 0.524. The van der Waals surface area contributed by atoms with Gasteiger partial charge in [0.15, 0.2) is 0 Å². The van der Waals surface area contributed by atoms with Crippen molar-refractivity contribution in [1.82, 2.24) is 4.57 Å². The van der Waals surface area contributed by atoms with Crippen LogP contribution in [-0.2, 0) is 18.3 Å². The Labute approximate surface area is 114 Å². The minimum atomic E-state index is -0.922. The van der Waals surface area contributed by atoms with Gasteiger partial charge in [-0.25, -0.2) is 0 Å². The van der Waals surface area contributed by atoms with E-state index in [-0.39, 0.29) is 18.5 Å². The van der Waals surface area contributed by atoms with Gasteiger partial charge in [-0.1, -0.05) is 5.92 Å². The number of terminal acetylenes is 1. The highest BCUT2D eigenvalue weighted by atomic mass is 16.6. The number of carbonyl (C=O) groups is 1. The summed E-state index contributed by atoms with van der Waals surface area (Å²) < 4.78 is 1.62. The number of nitro benzene ring substituents is 1. The number of hydrogen-bond acceptors (Lipinski definition) is 3. The summed E-state index contributed by atoms with van der Waals surface area (Å²) in [6, 6.07) is 2.89. The Kier molecular flexibility index (Phi) is 3.44. The molecule has 1 aromatic heterocycles. The Morgan fingerprint density at radius 1 is 1.55 bits per heavy atom. The van der Waals surface area contributed by atoms with Gasteiger partial charge in [-0.3, -0.25) is 14.9 Å². The number of carboxylic acid groups (broad SMARTS) is 1. The van der Waals surface area contributed by atoms with Crippen molar-refractivity contribution in [2.45, 2.75) is 12.8 Å². The molecule has 0 bridgehead atoms. The number of non-ortho nitro benzene ring substituents is 1. The molecule has 0 aliphatic heterocycles. The molecule has 20 heavy (non-hydrogen) atoms. The lowest BCUT2D eigenvalue weighted by Crippen LogP contribution is -1.97. The standard InChI is InChI=1S/C14H12N2O4/c1-3-9-4-6-11(16(19)20)14-13(9)10(8-15(14)2)5-7-12(17)18/h1,4,6,8H,5,7H2,2H3,(H,17,18). The van der Waals surface area contributed by atoms with Crippen LogP contribution in [0.2, 0.25) is 0 Å². The molecular weight excluding hydrogens is 260 g/mol. The molecule has 2 rings (SSSR count). The summed E-state index contributed by atoms with van der Waals surface area (Å²) in [4.78, 5) is 21.3. The molecule has 102 valence electrons. The Bertz CT molecular complexity index is 753. The first kappa shape index (κ1) is 13.6. The third-order valence-electron chi connectivity index (χ3n) is 3.14. The first-order chi connectivity index (χ1) is 9.45. The van der Waals surface area contributed by atoms with E-state index in [1.165, 1.54) is 12.1 Å². The second-order valence-electron chi connectivity index (χ2n) is 4.42. The average molecular weight is 272 g/mol. The zero-order valence-electron chi connectivity index (χ0n) is 10.8. The molecule has 0 aliphatic rings. The largest absolute Gasteiger partial charge is 0.481 e. The molecule has 2 aromatic rings. The number of fused-ring (bicyclic) bond motifs is 1. The van der Waals surface area contributed by atoms with E-state index in [1.807, 2.05) is 0 Å². The first-order valence-corrected chi connectivity index (χ1v) is 5.89. The van der Waals surface area contributed by atoms with Crippen LogP contribution in [0.3, 0.4) is 0 Å². The smallest absolute Gasteiger partial charge is 0.303 e. The highest BCUT2D eigenvalue weighted by Crippen LogP contribution is 2.32. The van der Waals surface area contributed by atoms with Crippen LogP contribution in [0.5, 0.6) is 0 Å². The predicted molar refractivity (Wildman–Crippen MR) is 73.5 cm³/mol. The molecule has 1 aromatic carbocycles. The number of hydrogen-bond donors (Lipinski definition) is 1. The van der Waals surface area contributed by atoms with E-state index in [1.54, 1.807) is 17.8 Å². The fourth-order valence-corrected chi connectivity index (χ4v) is 2.32. The van der Waals surface area contributed by atoms with Gasteiger partial charge < -0.3 is 9.67 Å².